The molecule has 4 heteroatoms. The first-order valence-corrected chi connectivity index (χ1v) is 8.36. The number of allylic oxidation sites excluding steroid dienone is 1. The van der Waals surface area contributed by atoms with E-state index in [1.54, 1.807) is 0 Å². The molecule has 0 unspecified atom stereocenters. The summed E-state index contributed by atoms with van der Waals surface area (Å²) in [6, 6.07) is 0. The average Bonchev–Trinajstić information content (AvgIpc) is 2.77. The zero-order valence-corrected chi connectivity index (χ0v) is 13.4. The van der Waals surface area contributed by atoms with Crippen LogP contribution < -0.4 is 0 Å². The zero-order valence-electron chi connectivity index (χ0n) is 13.4. The van der Waals surface area contributed by atoms with E-state index in [0.717, 1.165) is 17.9 Å². The molecule has 1 amide bonds. The first-order valence-electron chi connectivity index (χ1n) is 8.36. The van der Waals surface area contributed by atoms with Gasteiger partial charge in [-0.15, -0.1) is 5.06 Å². The predicted molar refractivity (Wildman–Crippen MR) is 83.2 cm³/mol. The minimum absolute atomic E-state index is 0.166. The van der Waals surface area contributed by atoms with Gasteiger partial charge in [0.2, 0.25) is 0 Å². The summed E-state index contributed by atoms with van der Waals surface area (Å²) in [4.78, 5) is 28.1. The van der Waals surface area contributed by atoms with Crippen molar-refractivity contribution in [3.63, 3.8) is 0 Å². The fraction of sp³-hybridized carbons (Fsp3) is 0.765. The Balaban J connectivity index is 1.96. The molecule has 4 nitrogen and oxygen atoms in total. The molecule has 0 aromatic carbocycles. The quantitative estimate of drug-likeness (QED) is 0.527. The highest BCUT2D eigenvalue weighted by Gasteiger charge is 2.27. The van der Waals surface area contributed by atoms with E-state index in [4.69, 9.17) is 4.84 Å². The van der Waals surface area contributed by atoms with Gasteiger partial charge in [0.05, 0.1) is 5.70 Å². The second kappa shape index (κ2) is 10.4. The van der Waals surface area contributed by atoms with Gasteiger partial charge < -0.3 is 4.84 Å². The minimum Gasteiger partial charge on any atom is -0.334 e. The summed E-state index contributed by atoms with van der Waals surface area (Å²) in [5.74, 6) is -0.491. The number of rotatable bonds is 11. The first-order chi connectivity index (χ1) is 10.1. The van der Waals surface area contributed by atoms with Crippen molar-refractivity contribution in [2.24, 2.45) is 0 Å². The number of amides is 1. The van der Waals surface area contributed by atoms with Gasteiger partial charge in [0.25, 0.3) is 5.91 Å². The maximum absolute atomic E-state index is 11.6. The number of carbonyl (C=O) groups is 2. The number of hydroxylamine groups is 2. The van der Waals surface area contributed by atoms with Crippen LogP contribution in [0.1, 0.15) is 84.0 Å². The molecule has 1 aliphatic heterocycles. The van der Waals surface area contributed by atoms with Gasteiger partial charge in [-0.25, -0.2) is 4.79 Å². The SMILES string of the molecule is C=C1CCC(=O)N1OC(=O)CCCCCCCCCCC. The molecule has 1 rings (SSSR count). The number of unbranched alkanes of at least 4 members (excludes halogenated alkanes) is 8. The maximum Gasteiger partial charge on any atom is 0.333 e. The molecule has 0 aromatic rings. The van der Waals surface area contributed by atoms with Crippen molar-refractivity contribution in [2.75, 3.05) is 0 Å². The third kappa shape index (κ3) is 7.30. The van der Waals surface area contributed by atoms with Gasteiger partial charge in [0, 0.05) is 12.8 Å². The van der Waals surface area contributed by atoms with Crippen molar-refractivity contribution in [1.82, 2.24) is 5.06 Å². The lowest BCUT2D eigenvalue weighted by Gasteiger charge is -2.15. The highest BCUT2D eigenvalue weighted by Crippen LogP contribution is 2.21. The molecular weight excluding hydrogens is 266 g/mol. The van der Waals surface area contributed by atoms with Gasteiger partial charge >= 0.3 is 5.97 Å². The van der Waals surface area contributed by atoms with E-state index < -0.39 is 0 Å². The van der Waals surface area contributed by atoms with Gasteiger partial charge in [-0.2, -0.15) is 0 Å². The van der Waals surface area contributed by atoms with Gasteiger partial charge in [-0.05, 0) is 12.8 Å². The Hall–Kier alpha value is -1.32. The van der Waals surface area contributed by atoms with Crippen molar-refractivity contribution < 1.29 is 14.4 Å². The molecule has 0 radical (unpaired) electrons. The molecule has 21 heavy (non-hydrogen) atoms. The van der Waals surface area contributed by atoms with E-state index in [0.29, 0.717) is 25.0 Å². The molecule has 1 saturated heterocycles. The fourth-order valence-electron chi connectivity index (χ4n) is 2.47. The summed E-state index contributed by atoms with van der Waals surface area (Å²) >= 11 is 0. The van der Waals surface area contributed by atoms with Crippen LogP contribution >= 0.6 is 0 Å². The average molecular weight is 295 g/mol. The zero-order chi connectivity index (χ0) is 15.5. The van der Waals surface area contributed by atoms with Crippen LogP contribution in [0.2, 0.25) is 0 Å². The van der Waals surface area contributed by atoms with E-state index in [1.807, 2.05) is 0 Å². The van der Waals surface area contributed by atoms with Crippen LogP contribution in [0.15, 0.2) is 12.3 Å². The van der Waals surface area contributed by atoms with E-state index in [1.165, 1.54) is 44.9 Å². The standard InChI is InChI=1S/C17H29NO3/c1-3-4-5-6-7-8-9-10-11-12-17(20)21-18-15(2)13-14-16(18)19/h2-14H2,1H3. The van der Waals surface area contributed by atoms with Crippen LogP contribution in [0.4, 0.5) is 0 Å². The lowest BCUT2D eigenvalue weighted by molar-refractivity contribution is -0.186. The van der Waals surface area contributed by atoms with E-state index in [9.17, 15) is 9.59 Å². The van der Waals surface area contributed by atoms with Crippen molar-refractivity contribution in [3.8, 4) is 0 Å². The van der Waals surface area contributed by atoms with Gasteiger partial charge in [-0.3, -0.25) is 4.79 Å². The topological polar surface area (TPSA) is 46.6 Å². The highest BCUT2D eigenvalue weighted by molar-refractivity contribution is 5.82. The number of hydrogen-bond acceptors (Lipinski definition) is 3. The van der Waals surface area contributed by atoms with Gasteiger partial charge in [0.1, 0.15) is 0 Å². The summed E-state index contributed by atoms with van der Waals surface area (Å²) < 4.78 is 0. The maximum atomic E-state index is 11.6. The molecule has 1 heterocycles. The largest absolute Gasteiger partial charge is 0.334 e. The Morgan fingerprint density at radius 2 is 1.62 bits per heavy atom. The van der Waals surface area contributed by atoms with Crippen LogP contribution in [-0.2, 0) is 14.4 Å². The molecule has 0 bridgehead atoms. The normalized spacial score (nSPS) is 14.8. The lowest BCUT2D eigenvalue weighted by atomic mass is 10.1. The Labute approximate surface area is 128 Å². The molecule has 0 aromatic heterocycles. The van der Waals surface area contributed by atoms with Crippen LogP contribution in [0.5, 0.6) is 0 Å². The Kier molecular flexibility index (Phi) is 8.79. The van der Waals surface area contributed by atoms with Gasteiger partial charge in [-0.1, -0.05) is 64.9 Å². The Bertz CT molecular complexity index is 336. The summed E-state index contributed by atoms with van der Waals surface area (Å²) in [5.41, 5.74) is 0.584. The Morgan fingerprint density at radius 3 is 2.14 bits per heavy atom. The van der Waals surface area contributed by atoms with Crippen molar-refractivity contribution in [2.45, 2.75) is 84.0 Å². The lowest BCUT2D eigenvalue weighted by Crippen LogP contribution is -2.26. The third-order valence-electron chi connectivity index (χ3n) is 3.82. The first kappa shape index (κ1) is 17.7. The second-order valence-electron chi connectivity index (χ2n) is 5.80. The molecule has 0 N–H and O–H groups in total. The Morgan fingerprint density at radius 1 is 1.05 bits per heavy atom. The number of nitrogens with zero attached hydrogens (tertiary/aromatic N) is 1. The van der Waals surface area contributed by atoms with Crippen molar-refractivity contribution >= 4 is 11.9 Å². The summed E-state index contributed by atoms with van der Waals surface area (Å²) in [7, 11) is 0. The smallest absolute Gasteiger partial charge is 0.333 e. The molecule has 120 valence electrons. The van der Waals surface area contributed by atoms with Crippen LogP contribution in [0.25, 0.3) is 0 Å². The monoisotopic (exact) mass is 295 g/mol. The van der Waals surface area contributed by atoms with Crippen LogP contribution in [-0.4, -0.2) is 16.9 Å². The highest BCUT2D eigenvalue weighted by atomic mass is 16.7. The molecule has 1 aliphatic rings. The molecule has 0 saturated carbocycles. The summed E-state index contributed by atoms with van der Waals surface area (Å²) in [6.45, 7) is 5.94. The van der Waals surface area contributed by atoms with Crippen molar-refractivity contribution in [1.29, 1.82) is 0 Å². The molecule has 0 aliphatic carbocycles. The third-order valence-corrected chi connectivity index (χ3v) is 3.82. The summed E-state index contributed by atoms with van der Waals surface area (Å²) in [6.07, 6.45) is 12.3. The molecule has 1 fully saturated rings. The molecule has 0 atom stereocenters. The van der Waals surface area contributed by atoms with Crippen LogP contribution in [0.3, 0.4) is 0 Å². The van der Waals surface area contributed by atoms with Crippen LogP contribution in [0, 0.1) is 0 Å². The minimum atomic E-state index is -0.325. The van der Waals surface area contributed by atoms with Crippen molar-refractivity contribution in [3.05, 3.63) is 12.3 Å². The molecule has 0 spiro atoms. The van der Waals surface area contributed by atoms with E-state index in [-0.39, 0.29) is 11.9 Å². The predicted octanol–water partition coefficient (Wildman–Crippen LogP) is 4.50. The fourth-order valence-corrected chi connectivity index (χ4v) is 2.47. The van der Waals surface area contributed by atoms with E-state index in [2.05, 4.69) is 13.5 Å². The second-order valence-corrected chi connectivity index (χ2v) is 5.80. The number of hydrogen-bond donors (Lipinski definition) is 0. The number of carbonyl (C=O) groups excluding carboxylic acids is 2. The van der Waals surface area contributed by atoms with E-state index >= 15 is 0 Å². The van der Waals surface area contributed by atoms with Gasteiger partial charge in [0.15, 0.2) is 0 Å². The molecular formula is C17H29NO3. The summed E-state index contributed by atoms with van der Waals surface area (Å²) in [5, 5.41) is 1.07.